The Bertz CT molecular complexity index is 387. The third-order valence-corrected chi connectivity index (χ3v) is 4.39. The number of aromatic nitrogens is 1. The Hall–Kier alpha value is -0.540. The summed E-state index contributed by atoms with van der Waals surface area (Å²) in [6.45, 7) is 16.4. The van der Waals surface area contributed by atoms with Crippen LogP contribution in [0.2, 0.25) is 0 Å². The molecule has 0 aliphatic rings. The summed E-state index contributed by atoms with van der Waals surface area (Å²) in [6, 6.07) is 4.31. The van der Waals surface area contributed by atoms with Gasteiger partial charge in [-0.15, -0.1) is 11.8 Å². The molecule has 0 saturated heterocycles. The molecule has 1 unspecified atom stereocenters. The Morgan fingerprint density at radius 3 is 2.32 bits per heavy atom. The zero-order valence-electron chi connectivity index (χ0n) is 13.4. The van der Waals surface area contributed by atoms with Crippen LogP contribution in [0.15, 0.2) is 17.2 Å². The molecule has 1 heterocycles. The van der Waals surface area contributed by atoms with Crippen LogP contribution in [0.4, 0.5) is 0 Å². The molecule has 0 aliphatic heterocycles. The largest absolute Gasteiger partial charge is 0.311 e. The molecule has 1 atom stereocenters. The van der Waals surface area contributed by atoms with Gasteiger partial charge in [0.05, 0.1) is 5.03 Å². The number of pyridine rings is 1. The normalized spacial score (nSPS) is 13.9. The minimum Gasteiger partial charge on any atom is -0.311 e. The Labute approximate surface area is 122 Å². The summed E-state index contributed by atoms with van der Waals surface area (Å²) in [6.07, 6.45) is 0. The minimum absolute atomic E-state index is 0.170. The second-order valence-electron chi connectivity index (χ2n) is 6.66. The van der Waals surface area contributed by atoms with Crippen molar-refractivity contribution in [1.29, 1.82) is 0 Å². The fourth-order valence-electron chi connectivity index (χ4n) is 1.84. The summed E-state index contributed by atoms with van der Waals surface area (Å²) in [5.41, 5.74) is 2.57. The second kappa shape index (κ2) is 6.76. The van der Waals surface area contributed by atoms with Crippen molar-refractivity contribution >= 4 is 11.8 Å². The zero-order chi connectivity index (χ0) is 14.6. The Morgan fingerprint density at radius 1 is 1.21 bits per heavy atom. The SMILES string of the molecule is Cc1cc(C)nc(SC(CNC(C)(C)C)C(C)C)c1. The van der Waals surface area contributed by atoms with E-state index in [1.54, 1.807) is 0 Å². The highest BCUT2D eigenvalue weighted by Gasteiger charge is 2.19. The molecule has 2 nitrogen and oxygen atoms in total. The molecule has 0 radical (unpaired) electrons. The molecule has 3 heteroatoms. The number of aryl methyl sites for hydroxylation is 2. The van der Waals surface area contributed by atoms with Crippen molar-refractivity contribution in [3.8, 4) is 0 Å². The minimum atomic E-state index is 0.170. The average molecular weight is 280 g/mol. The third-order valence-electron chi connectivity index (χ3n) is 2.92. The molecule has 0 aromatic carbocycles. The first kappa shape index (κ1) is 16.5. The van der Waals surface area contributed by atoms with Crippen LogP contribution < -0.4 is 5.32 Å². The summed E-state index contributed by atoms with van der Waals surface area (Å²) in [7, 11) is 0. The van der Waals surface area contributed by atoms with E-state index < -0.39 is 0 Å². The van der Waals surface area contributed by atoms with Crippen molar-refractivity contribution in [3.63, 3.8) is 0 Å². The lowest BCUT2D eigenvalue weighted by Gasteiger charge is -2.27. The van der Waals surface area contributed by atoms with E-state index in [2.05, 4.69) is 70.9 Å². The summed E-state index contributed by atoms with van der Waals surface area (Å²) in [5, 5.41) is 5.30. The van der Waals surface area contributed by atoms with Crippen LogP contribution >= 0.6 is 11.8 Å². The van der Waals surface area contributed by atoms with E-state index in [-0.39, 0.29) is 5.54 Å². The standard InChI is InChI=1S/C16H28N2S/c1-11(2)14(10-17-16(5,6)7)19-15-9-12(3)8-13(4)18-15/h8-9,11,14,17H,10H2,1-7H3. The van der Waals surface area contributed by atoms with Gasteiger partial charge < -0.3 is 5.32 Å². The lowest BCUT2D eigenvalue weighted by molar-refractivity contribution is 0.407. The van der Waals surface area contributed by atoms with Crippen LogP contribution in [0.1, 0.15) is 45.9 Å². The van der Waals surface area contributed by atoms with Crippen molar-refractivity contribution < 1.29 is 0 Å². The van der Waals surface area contributed by atoms with Gasteiger partial charge in [0.15, 0.2) is 0 Å². The quantitative estimate of drug-likeness (QED) is 0.818. The third kappa shape index (κ3) is 6.44. The number of nitrogens with one attached hydrogen (secondary N) is 1. The summed E-state index contributed by atoms with van der Waals surface area (Å²) < 4.78 is 0. The molecule has 1 N–H and O–H groups in total. The maximum atomic E-state index is 4.64. The second-order valence-corrected chi connectivity index (χ2v) is 7.91. The van der Waals surface area contributed by atoms with Crippen LogP contribution in [-0.2, 0) is 0 Å². The molecule has 0 aliphatic carbocycles. The Morgan fingerprint density at radius 2 is 1.84 bits per heavy atom. The number of hydrogen-bond acceptors (Lipinski definition) is 3. The summed E-state index contributed by atoms with van der Waals surface area (Å²) in [5.74, 6) is 0.627. The van der Waals surface area contributed by atoms with Crippen LogP contribution in [0, 0.1) is 19.8 Å². The van der Waals surface area contributed by atoms with Crippen LogP contribution in [0.3, 0.4) is 0 Å². The van der Waals surface area contributed by atoms with E-state index in [0.29, 0.717) is 11.2 Å². The maximum absolute atomic E-state index is 4.64. The van der Waals surface area contributed by atoms with Crippen LogP contribution in [0.5, 0.6) is 0 Å². The Kier molecular flexibility index (Phi) is 5.87. The van der Waals surface area contributed by atoms with E-state index in [9.17, 15) is 0 Å². The molecule has 19 heavy (non-hydrogen) atoms. The lowest BCUT2D eigenvalue weighted by atomic mass is 10.1. The van der Waals surface area contributed by atoms with Gasteiger partial charge in [-0.1, -0.05) is 13.8 Å². The van der Waals surface area contributed by atoms with Gasteiger partial charge in [-0.25, -0.2) is 4.98 Å². The van der Waals surface area contributed by atoms with Gasteiger partial charge in [0.2, 0.25) is 0 Å². The van der Waals surface area contributed by atoms with E-state index in [1.165, 1.54) is 5.56 Å². The first-order valence-electron chi connectivity index (χ1n) is 7.04. The number of rotatable bonds is 5. The van der Waals surface area contributed by atoms with Gasteiger partial charge in [0.1, 0.15) is 0 Å². The average Bonchev–Trinajstić information content (AvgIpc) is 2.20. The predicted molar refractivity (Wildman–Crippen MR) is 85.9 cm³/mol. The molecule has 1 rings (SSSR count). The predicted octanol–water partition coefficient (Wildman–Crippen LogP) is 4.20. The van der Waals surface area contributed by atoms with Gasteiger partial charge in [0.25, 0.3) is 0 Å². The van der Waals surface area contributed by atoms with Crippen molar-refractivity contribution in [2.24, 2.45) is 5.92 Å². The summed E-state index contributed by atoms with van der Waals surface area (Å²) in [4.78, 5) is 4.64. The van der Waals surface area contributed by atoms with E-state index >= 15 is 0 Å². The fraction of sp³-hybridized carbons (Fsp3) is 0.688. The molecule has 0 fully saturated rings. The molecule has 0 spiro atoms. The molecular formula is C16H28N2S. The molecule has 0 amide bonds. The van der Waals surface area contributed by atoms with Gasteiger partial charge in [-0.2, -0.15) is 0 Å². The molecule has 1 aromatic rings. The summed E-state index contributed by atoms with van der Waals surface area (Å²) >= 11 is 1.89. The molecule has 1 aromatic heterocycles. The lowest BCUT2D eigenvalue weighted by Crippen LogP contribution is -2.41. The van der Waals surface area contributed by atoms with Crippen LogP contribution in [-0.4, -0.2) is 22.3 Å². The van der Waals surface area contributed by atoms with E-state index in [0.717, 1.165) is 17.3 Å². The van der Waals surface area contributed by atoms with Gasteiger partial charge in [-0.3, -0.25) is 0 Å². The van der Waals surface area contributed by atoms with Crippen molar-refractivity contribution in [1.82, 2.24) is 10.3 Å². The van der Waals surface area contributed by atoms with E-state index in [1.807, 2.05) is 11.8 Å². The highest BCUT2D eigenvalue weighted by molar-refractivity contribution is 7.99. The number of hydrogen-bond donors (Lipinski definition) is 1. The van der Waals surface area contributed by atoms with Gasteiger partial charge in [0, 0.05) is 23.0 Å². The van der Waals surface area contributed by atoms with Crippen molar-refractivity contribution in [2.45, 2.75) is 64.3 Å². The smallest absolute Gasteiger partial charge is 0.0968 e. The van der Waals surface area contributed by atoms with Gasteiger partial charge >= 0.3 is 0 Å². The fourth-order valence-corrected chi connectivity index (χ4v) is 3.04. The zero-order valence-corrected chi connectivity index (χ0v) is 14.2. The monoisotopic (exact) mass is 280 g/mol. The first-order valence-corrected chi connectivity index (χ1v) is 7.92. The molecular weight excluding hydrogens is 252 g/mol. The molecule has 0 saturated carbocycles. The molecule has 0 bridgehead atoms. The topological polar surface area (TPSA) is 24.9 Å². The molecule has 108 valence electrons. The highest BCUT2D eigenvalue weighted by Crippen LogP contribution is 2.27. The maximum Gasteiger partial charge on any atom is 0.0968 e. The van der Waals surface area contributed by atoms with E-state index in [4.69, 9.17) is 0 Å². The Balaban J connectivity index is 2.72. The first-order chi connectivity index (χ1) is 8.67. The van der Waals surface area contributed by atoms with Crippen LogP contribution in [0.25, 0.3) is 0 Å². The van der Waals surface area contributed by atoms with Crippen molar-refractivity contribution in [3.05, 3.63) is 23.4 Å². The highest BCUT2D eigenvalue weighted by atomic mass is 32.2. The number of thioether (sulfide) groups is 1. The van der Waals surface area contributed by atoms with Gasteiger partial charge in [-0.05, 0) is 58.2 Å². The number of nitrogens with zero attached hydrogens (tertiary/aromatic N) is 1. The van der Waals surface area contributed by atoms with Crippen molar-refractivity contribution in [2.75, 3.05) is 6.54 Å².